The normalized spacial score (nSPS) is 34.0. The van der Waals surface area contributed by atoms with Crippen molar-refractivity contribution in [1.82, 2.24) is 4.98 Å². The lowest BCUT2D eigenvalue weighted by Gasteiger charge is -2.39. The molecule has 118 valence electrons. The van der Waals surface area contributed by atoms with Gasteiger partial charge in [0.15, 0.2) is 0 Å². The van der Waals surface area contributed by atoms with Crippen LogP contribution in [-0.4, -0.2) is 4.98 Å². The summed E-state index contributed by atoms with van der Waals surface area (Å²) in [5.41, 5.74) is 2.01. The van der Waals surface area contributed by atoms with Crippen LogP contribution in [0.2, 0.25) is 0 Å². The lowest BCUT2D eigenvalue weighted by Crippen LogP contribution is -2.31. The molecule has 4 saturated carbocycles. The van der Waals surface area contributed by atoms with E-state index in [4.69, 9.17) is 4.74 Å². The van der Waals surface area contributed by atoms with Crippen LogP contribution in [0.1, 0.15) is 37.7 Å². The van der Waals surface area contributed by atoms with E-state index in [1.165, 1.54) is 37.7 Å². The molecule has 23 heavy (non-hydrogen) atoms. The summed E-state index contributed by atoms with van der Waals surface area (Å²) < 4.78 is 6.81. The van der Waals surface area contributed by atoms with Crippen LogP contribution < -0.4 is 4.74 Å². The lowest BCUT2D eigenvalue weighted by atomic mass is 9.66. The van der Waals surface area contributed by atoms with E-state index in [-0.39, 0.29) is 0 Å². The van der Waals surface area contributed by atoms with Crippen LogP contribution in [0.15, 0.2) is 47.1 Å². The number of hydrogen-bond acceptors (Lipinski definition) is 2. The zero-order valence-electron chi connectivity index (χ0n) is 13.0. The second-order valence-corrected chi connectivity index (χ2v) is 8.61. The van der Waals surface area contributed by atoms with E-state index in [1.54, 1.807) is 6.20 Å². The van der Waals surface area contributed by atoms with E-state index < -0.39 is 0 Å². The minimum atomic E-state index is 0.477. The molecular formula is C20H20BrNO. The number of pyridine rings is 1. The summed E-state index contributed by atoms with van der Waals surface area (Å²) in [7, 11) is 0. The van der Waals surface area contributed by atoms with Crippen LogP contribution in [0.4, 0.5) is 0 Å². The van der Waals surface area contributed by atoms with Gasteiger partial charge in [0.25, 0.3) is 0 Å². The molecule has 0 aliphatic heterocycles. The first-order chi connectivity index (χ1) is 11.2. The Kier molecular flexibility index (Phi) is 3.09. The summed E-state index contributed by atoms with van der Waals surface area (Å²) in [5, 5.41) is 0. The highest BCUT2D eigenvalue weighted by Crippen LogP contribution is 2.64. The van der Waals surface area contributed by atoms with E-state index in [0.717, 1.165) is 28.0 Å². The Morgan fingerprint density at radius 1 is 0.957 bits per heavy atom. The molecule has 2 nitrogen and oxygen atoms in total. The highest BCUT2D eigenvalue weighted by Gasteiger charge is 2.56. The van der Waals surface area contributed by atoms with Crippen molar-refractivity contribution in [2.45, 2.75) is 37.5 Å². The molecule has 1 aromatic heterocycles. The van der Waals surface area contributed by atoms with Gasteiger partial charge in [-0.2, -0.15) is 0 Å². The van der Waals surface area contributed by atoms with Gasteiger partial charge in [0.2, 0.25) is 5.88 Å². The van der Waals surface area contributed by atoms with Crippen LogP contribution in [-0.2, 0) is 5.41 Å². The van der Waals surface area contributed by atoms with E-state index in [0.29, 0.717) is 11.3 Å². The van der Waals surface area contributed by atoms with E-state index in [2.05, 4.69) is 45.2 Å². The smallest absolute Gasteiger partial charge is 0.219 e. The molecule has 2 aromatic rings. The number of benzene rings is 1. The zero-order valence-corrected chi connectivity index (χ0v) is 14.6. The second kappa shape index (κ2) is 5.07. The number of halogens is 1. The van der Waals surface area contributed by atoms with Gasteiger partial charge in [0.1, 0.15) is 5.75 Å². The molecule has 2 unspecified atom stereocenters. The molecule has 0 spiro atoms. The Hall–Kier alpha value is -1.35. The Bertz CT molecular complexity index is 705. The molecule has 4 bridgehead atoms. The molecular weight excluding hydrogens is 350 g/mol. The monoisotopic (exact) mass is 369 g/mol. The second-order valence-electron chi connectivity index (χ2n) is 7.69. The maximum absolute atomic E-state index is 5.85. The van der Waals surface area contributed by atoms with E-state index >= 15 is 0 Å². The lowest BCUT2D eigenvalue weighted by molar-refractivity contribution is 0.229. The molecule has 4 aliphatic rings. The van der Waals surface area contributed by atoms with Crippen LogP contribution in [0.25, 0.3) is 0 Å². The molecule has 0 amide bonds. The summed E-state index contributed by atoms with van der Waals surface area (Å²) in [5.74, 6) is 4.53. The zero-order chi connectivity index (χ0) is 15.4. The van der Waals surface area contributed by atoms with Gasteiger partial charge in [-0.25, -0.2) is 4.98 Å². The molecule has 0 radical (unpaired) electrons. The highest BCUT2D eigenvalue weighted by atomic mass is 79.9. The Balaban J connectivity index is 1.37. The predicted molar refractivity (Wildman–Crippen MR) is 93.7 cm³/mol. The van der Waals surface area contributed by atoms with Crippen molar-refractivity contribution in [3.8, 4) is 11.6 Å². The largest absolute Gasteiger partial charge is 0.439 e. The minimum Gasteiger partial charge on any atom is -0.439 e. The first-order valence-corrected chi connectivity index (χ1v) is 9.39. The molecule has 4 fully saturated rings. The van der Waals surface area contributed by atoms with E-state index in [9.17, 15) is 0 Å². The van der Waals surface area contributed by atoms with Crippen LogP contribution in [0.3, 0.4) is 0 Å². The Morgan fingerprint density at radius 3 is 2.30 bits per heavy atom. The van der Waals surface area contributed by atoms with Crippen molar-refractivity contribution in [2.24, 2.45) is 17.8 Å². The van der Waals surface area contributed by atoms with Crippen molar-refractivity contribution in [1.29, 1.82) is 0 Å². The van der Waals surface area contributed by atoms with Gasteiger partial charge in [-0.1, -0.05) is 12.1 Å². The maximum Gasteiger partial charge on any atom is 0.219 e. The Morgan fingerprint density at radius 2 is 1.70 bits per heavy atom. The number of ether oxygens (including phenoxy) is 1. The van der Waals surface area contributed by atoms with Crippen LogP contribution in [0.5, 0.6) is 11.6 Å². The summed E-state index contributed by atoms with van der Waals surface area (Å²) in [6, 6.07) is 12.6. The molecule has 2 atom stereocenters. The summed E-state index contributed by atoms with van der Waals surface area (Å²) in [6.07, 6.45) is 9.01. The number of rotatable bonds is 3. The molecule has 0 saturated heterocycles. The first-order valence-electron chi connectivity index (χ1n) is 8.60. The van der Waals surface area contributed by atoms with Crippen molar-refractivity contribution in [3.05, 3.63) is 52.6 Å². The minimum absolute atomic E-state index is 0.477. The predicted octanol–water partition coefficient (Wildman–Crippen LogP) is 5.71. The first kappa shape index (κ1) is 14.0. The van der Waals surface area contributed by atoms with Gasteiger partial charge in [0.05, 0.1) is 0 Å². The molecule has 3 heteroatoms. The van der Waals surface area contributed by atoms with Gasteiger partial charge >= 0.3 is 0 Å². The molecule has 0 N–H and O–H groups in total. The molecule has 6 rings (SSSR count). The van der Waals surface area contributed by atoms with Gasteiger partial charge < -0.3 is 4.74 Å². The van der Waals surface area contributed by atoms with Crippen molar-refractivity contribution in [2.75, 3.05) is 0 Å². The van der Waals surface area contributed by atoms with Gasteiger partial charge in [-0.05, 0) is 95.0 Å². The summed E-state index contributed by atoms with van der Waals surface area (Å²) in [6.45, 7) is 0. The number of aromatic nitrogens is 1. The SMILES string of the molecule is Brc1ccc(Oc2ccc(C34CC5CC(C3)C(C5)C4)cc2)nc1. The average molecular weight is 370 g/mol. The quantitative estimate of drug-likeness (QED) is 0.690. The number of hydrogen-bond donors (Lipinski definition) is 0. The molecule has 4 aliphatic carbocycles. The van der Waals surface area contributed by atoms with E-state index in [1.807, 2.05) is 12.1 Å². The van der Waals surface area contributed by atoms with Crippen molar-refractivity contribution in [3.63, 3.8) is 0 Å². The third kappa shape index (κ3) is 2.32. The standard InChI is InChI=1S/C20H20BrNO/c21-17-3-6-19(22-12-17)23-18-4-1-16(2-5-18)20-9-13-7-14(10-20)15(8-13)11-20/h1-6,12-15H,7-11H2. The van der Waals surface area contributed by atoms with Crippen LogP contribution in [0, 0.1) is 17.8 Å². The summed E-state index contributed by atoms with van der Waals surface area (Å²) in [4.78, 5) is 4.27. The summed E-state index contributed by atoms with van der Waals surface area (Å²) >= 11 is 3.39. The van der Waals surface area contributed by atoms with Crippen molar-refractivity contribution >= 4 is 15.9 Å². The topological polar surface area (TPSA) is 22.1 Å². The third-order valence-electron chi connectivity index (χ3n) is 6.31. The average Bonchev–Trinajstić information content (AvgIpc) is 2.98. The van der Waals surface area contributed by atoms with Gasteiger partial charge in [0, 0.05) is 16.7 Å². The maximum atomic E-state index is 5.85. The van der Waals surface area contributed by atoms with Gasteiger partial charge in [-0.15, -0.1) is 0 Å². The fraction of sp³-hybridized carbons (Fsp3) is 0.450. The van der Waals surface area contributed by atoms with Gasteiger partial charge in [-0.3, -0.25) is 0 Å². The molecule has 1 aromatic carbocycles. The Labute approximate surface area is 145 Å². The fourth-order valence-corrected chi connectivity index (χ4v) is 5.82. The molecule has 1 heterocycles. The fourth-order valence-electron chi connectivity index (χ4n) is 5.58. The van der Waals surface area contributed by atoms with Crippen molar-refractivity contribution < 1.29 is 4.74 Å². The highest BCUT2D eigenvalue weighted by molar-refractivity contribution is 9.10. The number of nitrogens with zero attached hydrogens (tertiary/aromatic N) is 1. The third-order valence-corrected chi connectivity index (χ3v) is 6.78. The van der Waals surface area contributed by atoms with Crippen LogP contribution >= 0.6 is 15.9 Å².